The van der Waals surface area contributed by atoms with Gasteiger partial charge in [0.1, 0.15) is 0 Å². The Morgan fingerprint density at radius 1 is 0.380 bits per heavy atom. The van der Waals surface area contributed by atoms with Crippen molar-refractivity contribution in [3.8, 4) is 51.0 Å². The Hall–Kier alpha value is -6.43. The molecule has 3 heterocycles. The summed E-state index contributed by atoms with van der Waals surface area (Å²) in [4.78, 5) is 15.0. The lowest BCUT2D eigenvalue weighted by molar-refractivity contribution is 1.08. The maximum absolute atomic E-state index is 5.06. The summed E-state index contributed by atoms with van der Waals surface area (Å²) in [5, 5.41) is 4.90. The number of hydrogen-bond acceptors (Lipinski definition) is 4. The average molecular weight is 657 g/mol. The van der Waals surface area contributed by atoms with Crippen LogP contribution in [0.2, 0.25) is 0 Å². The molecule has 10 rings (SSSR count). The maximum Gasteiger partial charge on any atom is 0.165 e. The predicted octanol–water partition coefficient (Wildman–Crippen LogP) is 12.0. The molecule has 0 bridgehead atoms. The van der Waals surface area contributed by atoms with E-state index in [1.807, 2.05) is 60.7 Å². The van der Waals surface area contributed by atoms with Crippen LogP contribution in [-0.2, 0) is 0 Å². The van der Waals surface area contributed by atoms with E-state index in [2.05, 4.69) is 114 Å². The first kappa shape index (κ1) is 28.6. The fourth-order valence-corrected chi connectivity index (χ4v) is 8.28. The lowest BCUT2D eigenvalue weighted by Gasteiger charge is -2.10. The molecular weight excluding hydrogens is 629 g/mol. The van der Waals surface area contributed by atoms with E-state index in [0.717, 1.165) is 27.1 Å². The van der Waals surface area contributed by atoms with Gasteiger partial charge >= 0.3 is 0 Å². The SMILES string of the molecule is c1ccc(-c2ccc3c4ccccc4n(-c4ccc5sc6c(-c7nc(-c8ccccc8)nc(-c8ccccc8)n7)cccc6c5c4)c3c2)cc1. The quantitative estimate of drug-likeness (QED) is 0.185. The summed E-state index contributed by atoms with van der Waals surface area (Å²) in [6, 6.07) is 59.8. The molecule has 0 spiro atoms. The Balaban J connectivity index is 1.17. The van der Waals surface area contributed by atoms with Crippen LogP contribution < -0.4 is 0 Å². The summed E-state index contributed by atoms with van der Waals surface area (Å²) >= 11 is 1.79. The Kier molecular flexibility index (Phi) is 6.64. The van der Waals surface area contributed by atoms with Gasteiger partial charge in [-0.05, 0) is 47.5 Å². The van der Waals surface area contributed by atoms with Gasteiger partial charge in [-0.15, -0.1) is 11.3 Å². The fourth-order valence-electron chi connectivity index (χ4n) is 7.09. The number of hydrogen-bond donors (Lipinski definition) is 0. The smallest absolute Gasteiger partial charge is 0.165 e. The molecule has 0 unspecified atom stereocenters. The first-order chi connectivity index (χ1) is 24.8. The van der Waals surface area contributed by atoms with Gasteiger partial charge < -0.3 is 4.57 Å². The highest BCUT2D eigenvalue weighted by molar-refractivity contribution is 7.26. The number of thiophene rings is 1. The predicted molar refractivity (Wildman–Crippen MR) is 209 cm³/mol. The number of nitrogens with zero attached hydrogens (tertiary/aromatic N) is 4. The molecule has 5 heteroatoms. The van der Waals surface area contributed by atoms with E-state index in [-0.39, 0.29) is 0 Å². The van der Waals surface area contributed by atoms with Crippen LogP contribution in [0.5, 0.6) is 0 Å². The molecule has 0 amide bonds. The van der Waals surface area contributed by atoms with Crippen molar-refractivity contribution in [2.75, 3.05) is 0 Å². The largest absolute Gasteiger partial charge is 0.309 e. The van der Waals surface area contributed by atoms with E-state index in [1.165, 1.54) is 48.4 Å². The summed E-state index contributed by atoms with van der Waals surface area (Å²) < 4.78 is 4.80. The van der Waals surface area contributed by atoms with Crippen LogP contribution in [-0.4, -0.2) is 19.5 Å². The van der Waals surface area contributed by atoms with E-state index in [0.29, 0.717) is 17.5 Å². The standard InChI is InChI=1S/C45H28N4S/c1-4-13-29(14-5-1)32-23-25-35-34-19-10-11-22-39(34)49(40(35)27-32)33-24-26-41-38(28-33)36-20-12-21-37(42(36)50-41)45-47-43(30-15-6-2-7-16-30)46-44(48-45)31-17-8-3-9-18-31/h1-28H. The number of rotatable bonds is 5. The van der Waals surface area contributed by atoms with Gasteiger partial charge in [0.05, 0.1) is 11.0 Å². The minimum absolute atomic E-state index is 0.663. The first-order valence-corrected chi connectivity index (χ1v) is 17.5. The molecule has 0 saturated carbocycles. The van der Waals surface area contributed by atoms with Gasteiger partial charge in [-0.3, -0.25) is 0 Å². The lowest BCUT2D eigenvalue weighted by Crippen LogP contribution is -2.00. The molecule has 0 aliphatic rings. The van der Waals surface area contributed by atoms with Crippen molar-refractivity contribution in [3.63, 3.8) is 0 Å². The number of para-hydroxylation sites is 1. The number of aromatic nitrogens is 4. The molecule has 10 aromatic rings. The zero-order valence-corrected chi connectivity index (χ0v) is 27.7. The fraction of sp³-hybridized carbons (Fsp3) is 0. The lowest BCUT2D eigenvalue weighted by atomic mass is 10.0. The molecule has 0 atom stereocenters. The number of benzene rings is 7. The van der Waals surface area contributed by atoms with Crippen LogP contribution in [0.15, 0.2) is 170 Å². The van der Waals surface area contributed by atoms with Crippen molar-refractivity contribution in [2.24, 2.45) is 0 Å². The van der Waals surface area contributed by atoms with E-state index in [9.17, 15) is 0 Å². The maximum atomic E-state index is 5.06. The van der Waals surface area contributed by atoms with Crippen LogP contribution in [0.25, 0.3) is 93.0 Å². The minimum Gasteiger partial charge on any atom is -0.309 e. The van der Waals surface area contributed by atoms with Crippen molar-refractivity contribution in [2.45, 2.75) is 0 Å². The number of fused-ring (bicyclic) bond motifs is 6. The zero-order chi connectivity index (χ0) is 33.0. The first-order valence-electron chi connectivity index (χ1n) is 16.7. The summed E-state index contributed by atoms with van der Waals surface area (Å²) in [5.74, 6) is 2.00. The molecular formula is C45H28N4S. The molecule has 50 heavy (non-hydrogen) atoms. The Morgan fingerprint density at radius 3 is 1.70 bits per heavy atom. The van der Waals surface area contributed by atoms with Gasteiger partial charge in [-0.25, -0.2) is 15.0 Å². The molecule has 4 nitrogen and oxygen atoms in total. The van der Waals surface area contributed by atoms with Gasteiger partial charge in [0.15, 0.2) is 17.5 Å². The average Bonchev–Trinajstić information content (AvgIpc) is 3.74. The van der Waals surface area contributed by atoms with Gasteiger partial charge in [0, 0.05) is 53.3 Å². The second-order valence-corrected chi connectivity index (χ2v) is 13.5. The van der Waals surface area contributed by atoms with E-state index >= 15 is 0 Å². The summed E-state index contributed by atoms with van der Waals surface area (Å²) in [5.41, 5.74) is 8.87. The molecule has 0 N–H and O–H groups in total. The highest BCUT2D eigenvalue weighted by atomic mass is 32.1. The van der Waals surface area contributed by atoms with Crippen LogP contribution in [0.4, 0.5) is 0 Å². The Bertz CT molecular complexity index is 2800. The normalized spacial score (nSPS) is 11.6. The molecule has 3 aromatic heterocycles. The minimum atomic E-state index is 0.663. The second kappa shape index (κ2) is 11.6. The zero-order valence-electron chi connectivity index (χ0n) is 26.9. The second-order valence-electron chi connectivity index (χ2n) is 12.5. The molecule has 0 radical (unpaired) electrons. The van der Waals surface area contributed by atoms with Crippen molar-refractivity contribution >= 4 is 53.3 Å². The summed E-state index contributed by atoms with van der Waals surface area (Å²) in [6.45, 7) is 0. The van der Waals surface area contributed by atoms with E-state index in [1.54, 1.807) is 11.3 Å². The molecule has 0 fully saturated rings. The van der Waals surface area contributed by atoms with Crippen molar-refractivity contribution in [3.05, 3.63) is 170 Å². The van der Waals surface area contributed by atoms with E-state index in [4.69, 9.17) is 15.0 Å². The van der Waals surface area contributed by atoms with Crippen molar-refractivity contribution in [1.82, 2.24) is 19.5 Å². The van der Waals surface area contributed by atoms with Crippen molar-refractivity contribution in [1.29, 1.82) is 0 Å². The van der Waals surface area contributed by atoms with Gasteiger partial charge in [0.2, 0.25) is 0 Å². The van der Waals surface area contributed by atoms with Crippen LogP contribution in [0, 0.1) is 0 Å². The van der Waals surface area contributed by atoms with Crippen molar-refractivity contribution < 1.29 is 0 Å². The summed E-state index contributed by atoms with van der Waals surface area (Å²) in [6.07, 6.45) is 0. The monoisotopic (exact) mass is 656 g/mol. The van der Waals surface area contributed by atoms with Crippen LogP contribution >= 0.6 is 11.3 Å². The van der Waals surface area contributed by atoms with Gasteiger partial charge in [-0.2, -0.15) is 0 Å². The molecule has 7 aromatic carbocycles. The summed E-state index contributed by atoms with van der Waals surface area (Å²) in [7, 11) is 0. The Labute approximate surface area is 292 Å². The highest BCUT2D eigenvalue weighted by Gasteiger charge is 2.18. The van der Waals surface area contributed by atoms with Gasteiger partial charge in [0.25, 0.3) is 0 Å². The third-order valence-corrected chi connectivity index (χ3v) is 10.7. The molecule has 0 aliphatic carbocycles. The highest BCUT2D eigenvalue weighted by Crippen LogP contribution is 2.42. The topological polar surface area (TPSA) is 43.6 Å². The van der Waals surface area contributed by atoms with Gasteiger partial charge in [-0.1, -0.05) is 133 Å². The Morgan fingerprint density at radius 2 is 0.980 bits per heavy atom. The third kappa shape index (κ3) is 4.71. The molecule has 0 saturated heterocycles. The molecule has 234 valence electrons. The molecule has 0 aliphatic heterocycles. The third-order valence-electron chi connectivity index (χ3n) is 9.46. The van der Waals surface area contributed by atoms with Crippen LogP contribution in [0.1, 0.15) is 0 Å². The van der Waals surface area contributed by atoms with E-state index < -0.39 is 0 Å². The van der Waals surface area contributed by atoms with Crippen LogP contribution in [0.3, 0.4) is 0 Å².